The summed E-state index contributed by atoms with van der Waals surface area (Å²) in [4.78, 5) is 4.91. The van der Waals surface area contributed by atoms with Crippen molar-refractivity contribution >= 4 is 11.3 Å². The van der Waals surface area contributed by atoms with Crippen LogP contribution in [0.25, 0.3) is 0 Å². The smallest absolute Gasteiger partial charge is 0.103 e. The highest BCUT2D eigenvalue weighted by atomic mass is 32.1. The molecule has 1 aliphatic carbocycles. The normalized spacial score (nSPS) is 17.7. The van der Waals surface area contributed by atoms with Gasteiger partial charge in [-0.25, -0.2) is 4.98 Å². The van der Waals surface area contributed by atoms with Crippen LogP contribution in [-0.2, 0) is 10.8 Å². The minimum atomic E-state index is 0.154. The Morgan fingerprint density at radius 1 is 1.11 bits per heavy atom. The predicted octanol–water partition coefficient (Wildman–Crippen LogP) is 4.52. The number of rotatable bonds is 2. The van der Waals surface area contributed by atoms with Crippen molar-refractivity contribution in [1.29, 1.82) is 0 Å². The summed E-state index contributed by atoms with van der Waals surface area (Å²) in [5.74, 6) is 0. The van der Waals surface area contributed by atoms with Crippen LogP contribution in [-0.4, -0.2) is 4.98 Å². The van der Waals surface area contributed by atoms with Crippen LogP contribution in [0.3, 0.4) is 0 Å². The minimum Gasteiger partial charge on any atom is -0.245 e. The zero-order chi connectivity index (χ0) is 12.8. The number of aromatic nitrogens is 1. The van der Waals surface area contributed by atoms with Crippen LogP contribution < -0.4 is 0 Å². The molecule has 1 heterocycles. The highest BCUT2D eigenvalue weighted by molar-refractivity contribution is 7.10. The van der Waals surface area contributed by atoms with E-state index in [1.165, 1.54) is 29.1 Å². The third-order valence-electron chi connectivity index (χ3n) is 3.76. The average molecular weight is 257 g/mol. The highest BCUT2D eigenvalue weighted by Gasteiger charge is 2.48. The van der Waals surface area contributed by atoms with Gasteiger partial charge in [0.1, 0.15) is 5.01 Å². The van der Waals surface area contributed by atoms with E-state index >= 15 is 0 Å². The first kappa shape index (κ1) is 11.9. The van der Waals surface area contributed by atoms with E-state index in [1.54, 1.807) is 0 Å². The molecule has 18 heavy (non-hydrogen) atoms. The van der Waals surface area contributed by atoms with Crippen molar-refractivity contribution in [2.24, 2.45) is 0 Å². The fourth-order valence-electron chi connectivity index (χ4n) is 2.35. The quantitative estimate of drug-likeness (QED) is 0.770. The van der Waals surface area contributed by atoms with Gasteiger partial charge in [-0.2, -0.15) is 0 Å². The van der Waals surface area contributed by atoms with Crippen LogP contribution in [0.2, 0.25) is 0 Å². The van der Waals surface area contributed by atoms with Gasteiger partial charge >= 0.3 is 0 Å². The zero-order valence-corrected chi connectivity index (χ0v) is 12.1. The van der Waals surface area contributed by atoms with Crippen LogP contribution >= 0.6 is 11.3 Å². The maximum atomic E-state index is 4.91. The summed E-state index contributed by atoms with van der Waals surface area (Å²) in [6.07, 6.45) is 2.49. The molecule has 1 aromatic carbocycles. The summed E-state index contributed by atoms with van der Waals surface area (Å²) in [5, 5.41) is 3.54. The van der Waals surface area contributed by atoms with Gasteiger partial charge in [-0.3, -0.25) is 0 Å². The zero-order valence-electron chi connectivity index (χ0n) is 11.2. The van der Waals surface area contributed by atoms with Crippen molar-refractivity contribution < 1.29 is 0 Å². The van der Waals surface area contributed by atoms with E-state index in [0.717, 1.165) is 0 Å². The van der Waals surface area contributed by atoms with Gasteiger partial charge in [-0.1, -0.05) is 51.1 Å². The second kappa shape index (κ2) is 3.92. The van der Waals surface area contributed by atoms with E-state index in [1.807, 2.05) is 11.3 Å². The molecule has 0 amide bonds. The average Bonchev–Trinajstić information content (AvgIpc) is 2.99. The van der Waals surface area contributed by atoms with Crippen molar-refractivity contribution in [2.45, 2.75) is 44.4 Å². The van der Waals surface area contributed by atoms with Gasteiger partial charge in [0.2, 0.25) is 0 Å². The van der Waals surface area contributed by atoms with Gasteiger partial charge in [-0.15, -0.1) is 11.3 Å². The Bertz CT molecular complexity index is 544. The predicted molar refractivity (Wildman–Crippen MR) is 77.3 cm³/mol. The van der Waals surface area contributed by atoms with Crippen LogP contribution in [0, 0.1) is 0 Å². The van der Waals surface area contributed by atoms with Gasteiger partial charge in [0, 0.05) is 16.2 Å². The van der Waals surface area contributed by atoms with Gasteiger partial charge in [0.25, 0.3) is 0 Å². The molecule has 0 atom stereocenters. The molecule has 0 spiro atoms. The van der Waals surface area contributed by atoms with Crippen molar-refractivity contribution in [1.82, 2.24) is 4.98 Å². The summed E-state index contributed by atoms with van der Waals surface area (Å²) in [6, 6.07) is 10.8. The van der Waals surface area contributed by atoms with E-state index in [9.17, 15) is 0 Å². The minimum absolute atomic E-state index is 0.154. The molecular formula is C16H19NS. The lowest BCUT2D eigenvalue weighted by atomic mass is 9.92. The molecule has 0 N–H and O–H groups in total. The maximum Gasteiger partial charge on any atom is 0.103 e. The molecule has 0 bridgehead atoms. The number of thiazole rings is 1. The molecule has 1 nitrogen and oxygen atoms in total. The third-order valence-corrected chi connectivity index (χ3v) is 4.80. The summed E-state index contributed by atoms with van der Waals surface area (Å²) in [7, 11) is 0. The van der Waals surface area contributed by atoms with Gasteiger partial charge in [0.05, 0.1) is 5.69 Å². The fourth-order valence-corrected chi connectivity index (χ4v) is 3.67. The number of nitrogens with zero attached hydrogens (tertiary/aromatic N) is 1. The first-order chi connectivity index (χ1) is 8.52. The molecule has 1 aliphatic rings. The molecule has 94 valence electrons. The Morgan fingerprint density at radius 2 is 1.78 bits per heavy atom. The number of benzene rings is 1. The molecule has 1 aromatic heterocycles. The molecule has 0 saturated heterocycles. The summed E-state index contributed by atoms with van der Waals surface area (Å²) >= 11 is 1.83. The van der Waals surface area contributed by atoms with Crippen LogP contribution in [0.1, 0.15) is 49.9 Å². The standard InChI is InChI=1S/C16H19NS/c1-15(2,3)13-11-18-14(17-13)16(9-10-16)12-7-5-4-6-8-12/h4-8,11H,9-10H2,1-3H3. The van der Waals surface area contributed by atoms with Gasteiger partial charge in [0.15, 0.2) is 0 Å². The molecule has 1 fully saturated rings. The molecule has 0 unspecified atom stereocenters. The topological polar surface area (TPSA) is 12.9 Å². The van der Waals surface area contributed by atoms with Crippen molar-refractivity contribution in [3.8, 4) is 0 Å². The number of hydrogen-bond acceptors (Lipinski definition) is 2. The summed E-state index contributed by atoms with van der Waals surface area (Å²) in [5.41, 5.74) is 3.04. The molecule has 2 aromatic rings. The largest absolute Gasteiger partial charge is 0.245 e. The molecule has 1 saturated carbocycles. The van der Waals surface area contributed by atoms with Crippen LogP contribution in [0.4, 0.5) is 0 Å². The fraction of sp³-hybridized carbons (Fsp3) is 0.438. The van der Waals surface area contributed by atoms with E-state index in [4.69, 9.17) is 4.98 Å². The Morgan fingerprint density at radius 3 is 2.28 bits per heavy atom. The van der Waals surface area contributed by atoms with Gasteiger partial charge < -0.3 is 0 Å². The van der Waals surface area contributed by atoms with E-state index in [2.05, 4.69) is 56.5 Å². The van der Waals surface area contributed by atoms with E-state index < -0.39 is 0 Å². The van der Waals surface area contributed by atoms with Crippen molar-refractivity contribution in [3.05, 3.63) is 52.0 Å². The second-order valence-corrected chi connectivity index (χ2v) is 7.09. The molecule has 0 aliphatic heterocycles. The first-order valence-electron chi connectivity index (χ1n) is 6.54. The number of hydrogen-bond donors (Lipinski definition) is 0. The van der Waals surface area contributed by atoms with E-state index in [0.29, 0.717) is 0 Å². The summed E-state index contributed by atoms with van der Waals surface area (Å²) in [6.45, 7) is 6.69. The second-order valence-electron chi connectivity index (χ2n) is 6.24. The molecule has 3 rings (SSSR count). The molecule has 0 radical (unpaired) electrons. The Balaban J connectivity index is 1.99. The third kappa shape index (κ3) is 1.89. The SMILES string of the molecule is CC(C)(C)c1csc(C2(c3ccccc3)CC2)n1. The van der Waals surface area contributed by atoms with E-state index in [-0.39, 0.29) is 10.8 Å². The Kier molecular flexibility index (Phi) is 2.60. The lowest BCUT2D eigenvalue weighted by Gasteiger charge is -2.16. The maximum absolute atomic E-state index is 4.91. The molecule has 2 heteroatoms. The van der Waals surface area contributed by atoms with Crippen LogP contribution in [0.15, 0.2) is 35.7 Å². The molecular weight excluding hydrogens is 238 g/mol. The Hall–Kier alpha value is -1.15. The van der Waals surface area contributed by atoms with Crippen molar-refractivity contribution in [2.75, 3.05) is 0 Å². The van der Waals surface area contributed by atoms with Gasteiger partial charge in [-0.05, 0) is 18.4 Å². The highest BCUT2D eigenvalue weighted by Crippen LogP contribution is 2.54. The Labute approximate surface area is 113 Å². The lowest BCUT2D eigenvalue weighted by molar-refractivity contribution is 0.569. The first-order valence-corrected chi connectivity index (χ1v) is 7.42. The monoisotopic (exact) mass is 257 g/mol. The van der Waals surface area contributed by atoms with Crippen LogP contribution in [0.5, 0.6) is 0 Å². The lowest BCUT2D eigenvalue weighted by Crippen LogP contribution is -2.13. The van der Waals surface area contributed by atoms with Crippen molar-refractivity contribution in [3.63, 3.8) is 0 Å². The summed E-state index contributed by atoms with van der Waals surface area (Å²) < 4.78 is 0.